The fraction of sp³-hybridized carbons (Fsp3) is 0.562. The van der Waals surface area contributed by atoms with E-state index in [-0.39, 0.29) is 23.2 Å². The van der Waals surface area contributed by atoms with Gasteiger partial charge in [-0.1, -0.05) is 11.8 Å². The van der Waals surface area contributed by atoms with Gasteiger partial charge in [0.1, 0.15) is 0 Å². The Morgan fingerprint density at radius 3 is 2.74 bits per heavy atom. The van der Waals surface area contributed by atoms with Crippen molar-refractivity contribution in [1.82, 2.24) is 15.1 Å². The third-order valence-electron chi connectivity index (χ3n) is 4.21. The molecule has 124 valence electrons. The molecule has 1 aliphatic heterocycles. The number of thioether (sulfide) groups is 1. The minimum atomic E-state index is -0.261. The number of nitrogens with zero attached hydrogens (tertiary/aromatic N) is 3. The minimum absolute atomic E-state index is 0.132. The SMILES string of the molecule is C[C@@H](Sc1nnc(-c2ccco2)o1)C(=O)N1[C@@H](C)CCC[C@@H]1C. The molecule has 7 heteroatoms. The summed E-state index contributed by atoms with van der Waals surface area (Å²) in [5.74, 6) is 0.992. The zero-order valence-corrected chi connectivity index (χ0v) is 14.4. The Kier molecular flexibility index (Phi) is 4.75. The molecule has 0 aliphatic carbocycles. The molecule has 1 saturated heterocycles. The van der Waals surface area contributed by atoms with Crippen LogP contribution in [0.1, 0.15) is 40.0 Å². The first-order chi connectivity index (χ1) is 11.1. The Morgan fingerprint density at radius 2 is 2.09 bits per heavy atom. The van der Waals surface area contributed by atoms with E-state index in [1.54, 1.807) is 18.4 Å². The molecule has 0 N–H and O–H groups in total. The van der Waals surface area contributed by atoms with Crippen LogP contribution in [-0.2, 0) is 4.79 Å². The maximum atomic E-state index is 12.8. The zero-order chi connectivity index (χ0) is 16.4. The van der Waals surface area contributed by atoms with Gasteiger partial charge in [0.25, 0.3) is 11.1 Å². The molecule has 2 aromatic rings. The molecule has 23 heavy (non-hydrogen) atoms. The number of hydrogen-bond donors (Lipinski definition) is 0. The highest BCUT2D eigenvalue weighted by Gasteiger charge is 2.32. The predicted octanol–water partition coefficient (Wildman–Crippen LogP) is 3.60. The second kappa shape index (κ2) is 6.78. The highest BCUT2D eigenvalue weighted by molar-refractivity contribution is 8.00. The van der Waals surface area contributed by atoms with E-state index >= 15 is 0 Å². The number of amides is 1. The fourth-order valence-corrected chi connectivity index (χ4v) is 3.76. The predicted molar refractivity (Wildman–Crippen MR) is 86.9 cm³/mol. The van der Waals surface area contributed by atoms with E-state index in [0.717, 1.165) is 12.8 Å². The summed E-state index contributed by atoms with van der Waals surface area (Å²) in [5, 5.41) is 8.07. The van der Waals surface area contributed by atoms with E-state index in [9.17, 15) is 4.79 Å². The van der Waals surface area contributed by atoms with Gasteiger partial charge in [0.2, 0.25) is 5.91 Å². The summed E-state index contributed by atoms with van der Waals surface area (Å²) in [6.07, 6.45) is 4.87. The van der Waals surface area contributed by atoms with Crippen molar-refractivity contribution in [3.8, 4) is 11.7 Å². The lowest BCUT2D eigenvalue weighted by Gasteiger charge is -2.40. The van der Waals surface area contributed by atoms with Crippen molar-refractivity contribution in [3.05, 3.63) is 18.4 Å². The molecule has 0 saturated carbocycles. The van der Waals surface area contributed by atoms with Gasteiger partial charge >= 0.3 is 0 Å². The second-order valence-corrected chi connectivity index (χ2v) is 7.28. The van der Waals surface area contributed by atoms with Crippen molar-refractivity contribution in [1.29, 1.82) is 0 Å². The Balaban J connectivity index is 1.66. The quantitative estimate of drug-likeness (QED) is 0.795. The van der Waals surface area contributed by atoms with Crippen LogP contribution in [0.2, 0.25) is 0 Å². The van der Waals surface area contributed by atoms with Gasteiger partial charge in [-0.25, -0.2) is 0 Å². The van der Waals surface area contributed by atoms with Crippen molar-refractivity contribution >= 4 is 17.7 Å². The van der Waals surface area contributed by atoms with Crippen molar-refractivity contribution in [2.75, 3.05) is 0 Å². The van der Waals surface area contributed by atoms with E-state index < -0.39 is 0 Å². The molecule has 3 rings (SSSR count). The number of hydrogen-bond acceptors (Lipinski definition) is 6. The first kappa shape index (κ1) is 16.1. The summed E-state index contributed by atoms with van der Waals surface area (Å²) in [7, 11) is 0. The van der Waals surface area contributed by atoms with Crippen LogP contribution in [0.5, 0.6) is 0 Å². The first-order valence-corrected chi connectivity index (χ1v) is 8.80. The summed E-state index contributed by atoms with van der Waals surface area (Å²) in [5.41, 5.74) is 0. The van der Waals surface area contributed by atoms with Gasteiger partial charge in [0.05, 0.1) is 11.5 Å². The number of piperidine rings is 1. The normalized spacial score (nSPS) is 23.0. The molecule has 3 atom stereocenters. The summed E-state index contributed by atoms with van der Waals surface area (Å²) >= 11 is 1.29. The van der Waals surface area contributed by atoms with E-state index in [1.165, 1.54) is 18.2 Å². The zero-order valence-electron chi connectivity index (χ0n) is 13.6. The van der Waals surface area contributed by atoms with Gasteiger partial charge in [-0.05, 0) is 52.2 Å². The number of furan rings is 1. The molecule has 0 bridgehead atoms. The van der Waals surface area contributed by atoms with Gasteiger partial charge in [0, 0.05) is 12.1 Å². The average Bonchev–Trinajstić information content (AvgIpc) is 3.17. The summed E-state index contributed by atoms with van der Waals surface area (Å²) in [4.78, 5) is 14.8. The number of carbonyl (C=O) groups is 1. The standard InChI is InChI=1S/C16H21N3O3S/c1-10-6-4-7-11(2)19(10)15(20)12(3)23-16-18-17-14(22-16)13-8-5-9-21-13/h5,8-12H,4,6-7H2,1-3H3/t10-,11-,12+/m0/s1. The van der Waals surface area contributed by atoms with Crippen molar-refractivity contribution in [2.24, 2.45) is 0 Å². The molecule has 2 aromatic heterocycles. The fourth-order valence-electron chi connectivity index (χ4n) is 3.02. The summed E-state index contributed by atoms with van der Waals surface area (Å²) < 4.78 is 10.8. The Labute approximate surface area is 139 Å². The lowest BCUT2D eigenvalue weighted by Crippen LogP contribution is -2.50. The smallest absolute Gasteiger partial charge is 0.284 e. The average molecular weight is 335 g/mol. The molecule has 1 amide bonds. The van der Waals surface area contributed by atoms with Crippen LogP contribution in [0.15, 0.2) is 32.5 Å². The van der Waals surface area contributed by atoms with Crippen LogP contribution < -0.4 is 0 Å². The maximum Gasteiger partial charge on any atom is 0.284 e. The van der Waals surface area contributed by atoms with Gasteiger partial charge < -0.3 is 13.7 Å². The van der Waals surface area contributed by atoms with Gasteiger partial charge in [-0.2, -0.15) is 0 Å². The van der Waals surface area contributed by atoms with Crippen LogP contribution in [0, 0.1) is 0 Å². The number of carbonyl (C=O) groups excluding carboxylic acids is 1. The molecular formula is C16H21N3O3S. The highest BCUT2D eigenvalue weighted by atomic mass is 32.2. The lowest BCUT2D eigenvalue weighted by atomic mass is 9.97. The number of likely N-dealkylation sites (tertiary alicyclic amines) is 1. The van der Waals surface area contributed by atoms with E-state index in [4.69, 9.17) is 8.83 Å². The third-order valence-corrected chi connectivity index (χ3v) is 5.13. The van der Waals surface area contributed by atoms with E-state index in [1.807, 2.05) is 11.8 Å². The van der Waals surface area contributed by atoms with Crippen LogP contribution >= 0.6 is 11.8 Å². The Bertz CT molecular complexity index is 645. The van der Waals surface area contributed by atoms with Crippen molar-refractivity contribution in [3.63, 3.8) is 0 Å². The Hall–Kier alpha value is -1.76. The summed E-state index contributed by atoms with van der Waals surface area (Å²) in [6.45, 7) is 6.12. The molecule has 0 radical (unpaired) electrons. The molecule has 1 fully saturated rings. The van der Waals surface area contributed by atoms with Crippen LogP contribution in [0.4, 0.5) is 0 Å². The monoisotopic (exact) mass is 335 g/mol. The maximum absolute atomic E-state index is 12.8. The third kappa shape index (κ3) is 3.44. The minimum Gasteiger partial charge on any atom is -0.459 e. The molecule has 0 aromatic carbocycles. The van der Waals surface area contributed by atoms with Crippen LogP contribution in [-0.4, -0.2) is 38.3 Å². The lowest BCUT2D eigenvalue weighted by molar-refractivity contribution is -0.136. The molecule has 0 spiro atoms. The second-order valence-electron chi connectivity index (χ2n) is 5.98. The van der Waals surface area contributed by atoms with Crippen molar-refractivity contribution < 1.29 is 13.6 Å². The number of rotatable bonds is 4. The highest BCUT2D eigenvalue weighted by Crippen LogP contribution is 2.30. The molecular weight excluding hydrogens is 314 g/mol. The molecule has 3 heterocycles. The van der Waals surface area contributed by atoms with Crippen molar-refractivity contribution in [2.45, 2.75) is 62.6 Å². The Morgan fingerprint density at radius 1 is 1.35 bits per heavy atom. The van der Waals surface area contributed by atoms with Gasteiger partial charge in [-0.15, -0.1) is 10.2 Å². The number of aromatic nitrogens is 2. The molecule has 0 unspecified atom stereocenters. The molecule has 6 nitrogen and oxygen atoms in total. The van der Waals surface area contributed by atoms with Crippen LogP contribution in [0.25, 0.3) is 11.7 Å². The van der Waals surface area contributed by atoms with Crippen LogP contribution in [0.3, 0.4) is 0 Å². The van der Waals surface area contributed by atoms with Gasteiger partial charge in [-0.3, -0.25) is 4.79 Å². The summed E-state index contributed by atoms with van der Waals surface area (Å²) in [6, 6.07) is 4.09. The van der Waals surface area contributed by atoms with E-state index in [2.05, 4.69) is 24.0 Å². The van der Waals surface area contributed by atoms with Gasteiger partial charge in [0.15, 0.2) is 5.76 Å². The topological polar surface area (TPSA) is 72.4 Å². The van der Waals surface area contributed by atoms with E-state index in [0.29, 0.717) is 16.9 Å². The first-order valence-electron chi connectivity index (χ1n) is 7.92. The molecule has 1 aliphatic rings. The largest absolute Gasteiger partial charge is 0.459 e.